The van der Waals surface area contributed by atoms with Crippen LogP contribution in [0.25, 0.3) is 0 Å². The topological polar surface area (TPSA) is 104 Å². The molecule has 0 aromatic heterocycles. The van der Waals surface area contributed by atoms with Crippen molar-refractivity contribution in [3.63, 3.8) is 0 Å². The number of hydrogen-bond acceptors (Lipinski definition) is 5. The molecule has 8 atom stereocenters. The number of aliphatic hydroxyl groups is 1. The molecule has 6 rings (SSSR count). The second-order valence-corrected chi connectivity index (χ2v) is 7.20. The Balaban J connectivity index is 1.55. The highest BCUT2D eigenvalue weighted by Crippen LogP contribution is 2.67. The Morgan fingerprint density at radius 3 is 1.78 bits per heavy atom. The van der Waals surface area contributed by atoms with E-state index in [-0.39, 0.29) is 72.3 Å². The molecule has 23 heavy (non-hydrogen) atoms. The van der Waals surface area contributed by atoms with Gasteiger partial charge in [-0.1, -0.05) is 12.2 Å². The summed E-state index contributed by atoms with van der Waals surface area (Å²) in [5, 5.41) is 11.5. The van der Waals surface area contributed by atoms with E-state index in [9.17, 15) is 19.2 Å². The molecule has 4 amide bonds. The van der Waals surface area contributed by atoms with Crippen LogP contribution in [0.5, 0.6) is 0 Å². The van der Waals surface area contributed by atoms with Crippen LogP contribution < -0.4 is 5.32 Å². The highest BCUT2D eigenvalue weighted by Gasteiger charge is 2.74. The van der Waals surface area contributed by atoms with Crippen molar-refractivity contribution in [2.45, 2.75) is 0 Å². The number of allylic oxidation sites excluding steroid dienone is 2. The van der Waals surface area contributed by atoms with Gasteiger partial charge < -0.3 is 5.11 Å². The molecule has 0 aromatic carbocycles. The van der Waals surface area contributed by atoms with Gasteiger partial charge in [-0.25, -0.2) is 0 Å². The molecule has 0 spiro atoms. The van der Waals surface area contributed by atoms with Crippen LogP contribution >= 0.6 is 0 Å². The fourth-order valence-corrected chi connectivity index (χ4v) is 5.90. The number of fused-ring (bicyclic) bond motifs is 1. The summed E-state index contributed by atoms with van der Waals surface area (Å²) in [4.78, 5) is 50.5. The van der Waals surface area contributed by atoms with Gasteiger partial charge in [0.1, 0.15) is 0 Å². The summed E-state index contributed by atoms with van der Waals surface area (Å²) < 4.78 is 0. The average Bonchev–Trinajstić information content (AvgIpc) is 2.90. The fourth-order valence-electron chi connectivity index (χ4n) is 5.90. The molecule has 0 radical (unpaired) electrons. The Morgan fingerprint density at radius 2 is 1.35 bits per heavy atom. The number of rotatable bonds is 2. The first-order valence-corrected chi connectivity index (χ1v) is 8.05. The van der Waals surface area contributed by atoms with Crippen molar-refractivity contribution in [1.29, 1.82) is 0 Å². The summed E-state index contributed by atoms with van der Waals surface area (Å²) in [5.74, 6) is -2.86. The summed E-state index contributed by atoms with van der Waals surface area (Å²) in [6, 6.07) is 0. The number of aliphatic hydroxyl groups excluding tert-OH is 1. The molecule has 8 unspecified atom stereocenters. The van der Waals surface area contributed by atoms with Gasteiger partial charge in [-0.2, -0.15) is 0 Å². The minimum atomic E-state index is -0.394. The largest absolute Gasteiger partial charge is 0.395 e. The summed E-state index contributed by atoms with van der Waals surface area (Å²) in [5.41, 5.74) is 0. The molecular formula is C16H16N2O5. The number of amides is 4. The normalized spacial score (nSPS) is 49.0. The predicted molar refractivity (Wildman–Crippen MR) is 74.0 cm³/mol. The molecule has 4 fully saturated rings. The van der Waals surface area contributed by atoms with Crippen molar-refractivity contribution >= 4 is 23.6 Å². The third-order valence-electron chi connectivity index (χ3n) is 6.60. The van der Waals surface area contributed by atoms with Crippen LogP contribution in [0.4, 0.5) is 0 Å². The lowest BCUT2D eigenvalue weighted by Gasteiger charge is -2.60. The van der Waals surface area contributed by atoms with Crippen LogP contribution in [0.15, 0.2) is 12.2 Å². The Morgan fingerprint density at radius 1 is 0.870 bits per heavy atom. The smallest absolute Gasteiger partial charge is 0.233 e. The third kappa shape index (κ3) is 1.32. The first-order valence-electron chi connectivity index (χ1n) is 8.05. The molecule has 2 heterocycles. The van der Waals surface area contributed by atoms with Crippen LogP contribution in [-0.2, 0) is 19.2 Å². The number of β-amino-alcohol motifs (C(OH)–C–C–N with tert-alkyl or cyclic N) is 1. The van der Waals surface area contributed by atoms with Crippen molar-refractivity contribution in [2.75, 3.05) is 13.2 Å². The van der Waals surface area contributed by atoms with Crippen LogP contribution in [0, 0.1) is 47.3 Å². The van der Waals surface area contributed by atoms with Crippen molar-refractivity contribution in [2.24, 2.45) is 47.3 Å². The number of carbonyl (C=O) groups excluding carboxylic acids is 4. The second-order valence-electron chi connectivity index (χ2n) is 7.20. The molecule has 7 heteroatoms. The fraction of sp³-hybridized carbons (Fsp3) is 0.625. The van der Waals surface area contributed by atoms with E-state index in [0.717, 1.165) is 4.90 Å². The Kier molecular flexibility index (Phi) is 2.38. The van der Waals surface area contributed by atoms with Gasteiger partial charge in [-0.15, -0.1) is 0 Å². The number of nitrogens with zero attached hydrogens (tertiary/aromatic N) is 1. The average molecular weight is 316 g/mol. The number of nitrogens with one attached hydrogen (secondary N) is 1. The molecule has 6 aliphatic rings. The lowest BCUT2D eigenvalue weighted by Crippen LogP contribution is -2.63. The third-order valence-corrected chi connectivity index (χ3v) is 6.60. The molecule has 7 nitrogen and oxygen atoms in total. The molecule has 2 bridgehead atoms. The number of carbonyl (C=O) groups is 4. The standard InChI is InChI=1S/C16H16N2O5/c19-4-3-18-15(22)11-7-5-1-2-6(8(7)12(11)16(18)23)10-9(5)13(20)17-14(10)21/h1-2,5-12,19H,3-4H2,(H,17,20,21). The lowest BCUT2D eigenvalue weighted by molar-refractivity contribution is -0.166. The Bertz CT molecular complexity index is 647. The van der Waals surface area contributed by atoms with Gasteiger partial charge in [-0.3, -0.25) is 29.4 Å². The minimum Gasteiger partial charge on any atom is -0.395 e. The lowest BCUT2D eigenvalue weighted by atomic mass is 9.40. The maximum atomic E-state index is 12.5. The monoisotopic (exact) mass is 316 g/mol. The van der Waals surface area contributed by atoms with Gasteiger partial charge in [-0.05, 0) is 23.7 Å². The van der Waals surface area contributed by atoms with E-state index in [1.54, 1.807) is 0 Å². The molecule has 4 aliphatic carbocycles. The van der Waals surface area contributed by atoms with Crippen LogP contribution in [0.2, 0.25) is 0 Å². The van der Waals surface area contributed by atoms with Crippen molar-refractivity contribution in [3.8, 4) is 0 Å². The number of hydrogen-bond donors (Lipinski definition) is 2. The maximum absolute atomic E-state index is 12.5. The minimum absolute atomic E-state index is 0.0269. The SMILES string of the molecule is O=C1NC(=O)C2C3C=CC(C12)C1C2C(=O)N(CCO)C(=O)C2C31. The highest BCUT2D eigenvalue weighted by molar-refractivity contribution is 6.09. The second kappa shape index (κ2) is 4.08. The number of imide groups is 2. The Hall–Kier alpha value is -2.02. The van der Waals surface area contributed by atoms with E-state index in [4.69, 9.17) is 5.11 Å². The Labute approximate surface area is 131 Å². The molecule has 120 valence electrons. The first-order chi connectivity index (χ1) is 11.1. The van der Waals surface area contributed by atoms with E-state index in [1.807, 2.05) is 12.2 Å². The van der Waals surface area contributed by atoms with Gasteiger partial charge in [0.15, 0.2) is 0 Å². The summed E-state index contributed by atoms with van der Waals surface area (Å²) in [6.45, 7) is -0.220. The zero-order valence-electron chi connectivity index (χ0n) is 12.2. The van der Waals surface area contributed by atoms with Gasteiger partial charge >= 0.3 is 0 Å². The van der Waals surface area contributed by atoms with Gasteiger partial charge in [0, 0.05) is 0 Å². The molecule has 2 saturated heterocycles. The van der Waals surface area contributed by atoms with Gasteiger partial charge in [0.25, 0.3) is 0 Å². The number of likely N-dealkylation sites (tertiary alicyclic amines) is 1. The van der Waals surface area contributed by atoms with E-state index in [0.29, 0.717) is 0 Å². The van der Waals surface area contributed by atoms with Crippen LogP contribution in [0.3, 0.4) is 0 Å². The van der Waals surface area contributed by atoms with Crippen molar-refractivity contribution < 1.29 is 24.3 Å². The summed E-state index contributed by atoms with van der Waals surface area (Å²) in [6.07, 6.45) is 3.93. The van der Waals surface area contributed by atoms with Crippen LogP contribution in [0.1, 0.15) is 0 Å². The van der Waals surface area contributed by atoms with E-state index < -0.39 is 11.8 Å². The van der Waals surface area contributed by atoms with Gasteiger partial charge in [0.05, 0.1) is 36.8 Å². The summed E-state index contributed by atoms with van der Waals surface area (Å²) in [7, 11) is 0. The van der Waals surface area contributed by atoms with E-state index in [2.05, 4.69) is 5.32 Å². The summed E-state index contributed by atoms with van der Waals surface area (Å²) >= 11 is 0. The predicted octanol–water partition coefficient (Wildman–Crippen LogP) is -1.47. The molecule has 2 saturated carbocycles. The first kappa shape index (κ1) is 13.4. The zero-order chi connectivity index (χ0) is 16.0. The molecular weight excluding hydrogens is 300 g/mol. The van der Waals surface area contributed by atoms with E-state index in [1.165, 1.54) is 0 Å². The quantitative estimate of drug-likeness (QED) is 0.478. The van der Waals surface area contributed by atoms with Crippen molar-refractivity contribution in [3.05, 3.63) is 12.2 Å². The molecule has 0 aromatic rings. The van der Waals surface area contributed by atoms with E-state index >= 15 is 0 Å². The van der Waals surface area contributed by atoms with Crippen LogP contribution in [-0.4, -0.2) is 46.8 Å². The molecule has 2 aliphatic heterocycles. The highest BCUT2D eigenvalue weighted by atomic mass is 16.3. The van der Waals surface area contributed by atoms with Crippen molar-refractivity contribution in [1.82, 2.24) is 10.2 Å². The van der Waals surface area contributed by atoms with Gasteiger partial charge in [0.2, 0.25) is 23.6 Å². The molecule has 2 N–H and O–H groups in total. The zero-order valence-corrected chi connectivity index (χ0v) is 12.2. The maximum Gasteiger partial charge on any atom is 0.233 e.